The molecular formula is C14H27NO2. The Kier molecular flexibility index (Phi) is 4.45. The van der Waals surface area contributed by atoms with E-state index in [2.05, 4.69) is 19.2 Å². The third-order valence-electron chi connectivity index (χ3n) is 4.45. The second-order valence-corrected chi connectivity index (χ2v) is 6.10. The third-order valence-corrected chi connectivity index (χ3v) is 4.45. The van der Waals surface area contributed by atoms with E-state index in [-0.39, 0.29) is 12.2 Å². The summed E-state index contributed by atoms with van der Waals surface area (Å²) >= 11 is 0. The Labute approximate surface area is 105 Å². The van der Waals surface area contributed by atoms with Gasteiger partial charge in [0.25, 0.3) is 0 Å². The van der Waals surface area contributed by atoms with Crippen LogP contribution in [0.5, 0.6) is 0 Å². The minimum absolute atomic E-state index is 0.219. The van der Waals surface area contributed by atoms with Crippen LogP contribution in [0.1, 0.15) is 52.4 Å². The van der Waals surface area contributed by atoms with Crippen LogP contribution in [-0.4, -0.2) is 36.0 Å². The molecule has 1 saturated heterocycles. The highest BCUT2D eigenvalue weighted by molar-refractivity contribution is 4.96. The van der Waals surface area contributed by atoms with E-state index in [4.69, 9.17) is 9.84 Å². The molecule has 2 fully saturated rings. The summed E-state index contributed by atoms with van der Waals surface area (Å²) in [5.74, 6) is 0.585. The van der Waals surface area contributed by atoms with Gasteiger partial charge < -0.3 is 15.2 Å². The van der Waals surface area contributed by atoms with Gasteiger partial charge in [-0.2, -0.15) is 0 Å². The largest absolute Gasteiger partial charge is 0.396 e. The van der Waals surface area contributed by atoms with Gasteiger partial charge in [0.15, 0.2) is 0 Å². The molecule has 2 atom stereocenters. The highest BCUT2D eigenvalue weighted by Gasteiger charge is 2.42. The number of hydrogen-bond donors (Lipinski definition) is 2. The zero-order valence-corrected chi connectivity index (χ0v) is 11.2. The smallest absolute Gasteiger partial charge is 0.0697 e. The van der Waals surface area contributed by atoms with Crippen molar-refractivity contribution in [2.24, 2.45) is 5.92 Å². The summed E-state index contributed by atoms with van der Waals surface area (Å²) in [7, 11) is 0. The van der Waals surface area contributed by atoms with Gasteiger partial charge in [0, 0.05) is 25.3 Å². The van der Waals surface area contributed by atoms with E-state index in [0.29, 0.717) is 18.0 Å². The Morgan fingerprint density at radius 2 is 2.18 bits per heavy atom. The molecule has 0 aromatic heterocycles. The van der Waals surface area contributed by atoms with Gasteiger partial charge in [-0.3, -0.25) is 0 Å². The van der Waals surface area contributed by atoms with Crippen molar-refractivity contribution in [3.63, 3.8) is 0 Å². The number of hydrogen-bond acceptors (Lipinski definition) is 3. The van der Waals surface area contributed by atoms with E-state index >= 15 is 0 Å². The van der Waals surface area contributed by atoms with Crippen LogP contribution in [0, 0.1) is 5.92 Å². The molecule has 1 spiro atoms. The second kappa shape index (κ2) is 5.68. The van der Waals surface area contributed by atoms with Gasteiger partial charge in [-0.15, -0.1) is 0 Å². The molecule has 0 aromatic rings. The minimum atomic E-state index is 0.219. The topological polar surface area (TPSA) is 41.5 Å². The summed E-state index contributed by atoms with van der Waals surface area (Å²) in [6, 6.07) is 1.03. The molecule has 0 amide bonds. The highest BCUT2D eigenvalue weighted by Crippen LogP contribution is 2.42. The lowest BCUT2D eigenvalue weighted by Crippen LogP contribution is -2.53. The molecule has 100 valence electrons. The molecule has 2 aliphatic rings. The summed E-state index contributed by atoms with van der Waals surface area (Å²) in [5, 5.41) is 12.9. The van der Waals surface area contributed by atoms with Crippen molar-refractivity contribution in [2.75, 3.05) is 13.2 Å². The quantitative estimate of drug-likeness (QED) is 0.774. The van der Waals surface area contributed by atoms with E-state index in [1.165, 1.54) is 25.7 Å². The van der Waals surface area contributed by atoms with Gasteiger partial charge in [0.05, 0.1) is 5.60 Å². The first-order valence-corrected chi connectivity index (χ1v) is 7.16. The summed E-state index contributed by atoms with van der Waals surface area (Å²) in [6.07, 6.45) is 6.98. The van der Waals surface area contributed by atoms with Crippen LogP contribution in [0.4, 0.5) is 0 Å². The van der Waals surface area contributed by atoms with Crippen molar-refractivity contribution in [3.05, 3.63) is 0 Å². The molecule has 1 aliphatic carbocycles. The lowest BCUT2D eigenvalue weighted by atomic mass is 9.73. The zero-order chi connectivity index (χ0) is 12.3. The van der Waals surface area contributed by atoms with E-state index in [1.54, 1.807) is 0 Å². The van der Waals surface area contributed by atoms with Crippen molar-refractivity contribution >= 4 is 0 Å². The molecule has 0 radical (unpaired) electrons. The maximum absolute atomic E-state index is 9.11. The average Bonchev–Trinajstić information content (AvgIpc) is 2.27. The summed E-state index contributed by atoms with van der Waals surface area (Å²) in [4.78, 5) is 0. The van der Waals surface area contributed by atoms with Crippen LogP contribution in [-0.2, 0) is 4.74 Å². The molecule has 2 unspecified atom stereocenters. The summed E-state index contributed by atoms with van der Waals surface area (Å²) < 4.78 is 5.94. The maximum Gasteiger partial charge on any atom is 0.0697 e. The van der Waals surface area contributed by atoms with Crippen molar-refractivity contribution in [1.29, 1.82) is 0 Å². The van der Waals surface area contributed by atoms with Crippen LogP contribution in [0.3, 0.4) is 0 Å². The summed E-state index contributed by atoms with van der Waals surface area (Å²) in [5.41, 5.74) is 0.219. The first kappa shape index (κ1) is 13.3. The van der Waals surface area contributed by atoms with E-state index in [9.17, 15) is 0 Å². The van der Waals surface area contributed by atoms with Gasteiger partial charge in [0.1, 0.15) is 0 Å². The van der Waals surface area contributed by atoms with Crippen LogP contribution < -0.4 is 5.32 Å². The lowest BCUT2D eigenvalue weighted by Gasteiger charge is -2.48. The lowest BCUT2D eigenvalue weighted by molar-refractivity contribution is -0.136. The molecule has 1 heterocycles. The molecular weight excluding hydrogens is 214 g/mol. The van der Waals surface area contributed by atoms with Gasteiger partial charge in [-0.05, 0) is 44.4 Å². The monoisotopic (exact) mass is 241 g/mol. The van der Waals surface area contributed by atoms with Crippen LogP contribution >= 0.6 is 0 Å². The van der Waals surface area contributed by atoms with Gasteiger partial charge in [-0.25, -0.2) is 0 Å². The molecule has 2 N–H and O–H groups in total. The molecule has 1 aliphatic heterocycles. The summed E-state index contributed by atoms with van der Waals surface area (Å²) in [6.45, 7) is 5.64. The predicted octanol–water partition coefficient (Wildman–Crippen LogP) is 2.08. The molecule has 0 bridgehead atoms. The molecule has 0 aromatic carbocycles. The SMILES string of the molecule is CC(C)C(CCO)NC1CCOC2(CCC2)C1. The van der Waals surface area contributed by atoms with Crippen molar-refractivity contribution < 1.29 is 9.84 Å². The number of aliphatic hydroxyl groups excluding tert-OH is 1. The normalized spacial score (nSPS) is 29.3. The van der Waals surface area contributed by atoms with Crippen molar-refractivity contribution in [3.8, 4) is 0 Å². The molecule has 3 heteroatoms. The number of rotatable bonds is 5. The maximum atomic E-state index is 9.11. The van der Waals surface area contributed by atoms with E-state index < -0.39 is 0 Å². The minimum Gasteiger partial charge on any atom is -0.396 e. The average molecular weight is 241 g/mol. The van der Waals surface area contributed by atoms with Crippen molar-refractivity contribution in [1.82, 2.24) is 5.32 Å². The fourth-order valence-corrected chi connectivity index (χ4v) is 3.14. The predicted molar refractivity (Wildman–Crippen MR) is 69.0 cm³/mol. The van der Waals surface area contributed by atoms with Crippen LogP contribution in [0.15, 0.2) is 0 Å². The van der Waals surface area contributed by atoms with E-state index in [0.717, 1.165) is 19.4 Å². The highest BCUT2D eigenvalue weighted by atomic mass is 16.5. The Hall–Kier alpha value is -0.120. The first-order valence-electron chi connectivity index (χ1n) is 7.16. The van der Waals surface area contributed by atoms with Crippen LogP contribution in [0.2, 0.25) is 0 Å². The van der Waals surface area contributed by atoms with Gasteiger partial charge in [0.2, 0.25) is 0 Å². The first-order chi connectivity index (χ1) is 8.15. The number of aliphatic hydroxyl groups is 1. The second-order valence-electron chi connectivity index (χ2n) is 6.10. The Morgan fingerprint density at radius 3 is 2.71 bits per heavy atom. The number of nitrogens with one attached hydrogen (secondary N) is 1. The molecule has 2 rings (SSSR count). The Morgan fingerprint density at radius 1 is 1.41 bits per heavy atom. The fourth-order valence-electron chi connectivity index (χ4n) is 3.14. The van der Waals surface area contributed by atoms with Gasteiger partial charge in [-0.1, -0.05) is 13.8 Å². The Bertz CT molecular complexity index is 238. The van der Waals surface area contributed by atoms with Gasteiger partial charge >= 0.3 is 0 Å². The van der Waals surface area contributed by atoms with E-state index in [1.807, 2.05) is 0 Å². The van der Waals surface area contributed by atoms with Crippen molar-refractivity contribution in [2.45, 2.75) is 70.1 Å². The number of ether oxygens (including phenoxy) is 1. The molecule has 1 saturated carbocycles. The standard InChI is InChI=1S/C14H27NO2/c1-11(2)13(4-8-16)15-12-5-9-17-14(10-12)6-3-7-14/h11-13,15-16H,3-10H2,1-2H3. The molecule has 3 nitrogen and oxygen atoms in total. The van der Waals surface area contributed by atoms with Crippen LogP contribution in [0.25, 0.3) is 0 Å². The third kappa shape index (κ3) is 3.21. The Balaban J connectivity index is 1.84. The fraction of sp³-hybridized carbons (Fsp3) is 1.00. The zero-order valence-electron chi connectivity index (χ0n) is 11.2. The molecule has 17 heavy (non-hydrogen) atoms.